The predicted octanol–water partition coefficient (Wildman–Crippen LogP) is 0.510. The van der Waals surface area contributed by atoms with E-state index in [9.17, 15) is 9.59 Å². The summed E-state index contributed by atoms with van der Waals surface area (Å²) in [6, 6.07) is 0.757. The van der Waals surface area contributed by atoms with E-state index >= 15 is 0 Å². The first kappa shape index (κ1) is 9.70. The van der Waals surface area contributed by atoms with Gasteiger partial charge in [0, 0.05) is 17.9 Å². The number of aromatic nitrogens is 3. The lowest BCUT2D eigenvalue weighted by Crippen LogP contribution is -2.51. The van der Waals surface area contributed by atoms with E-state index in [0.717, 1.165) is 23.7 Å². The maximum absolute atomic E-state index is 12.6. The standard InChI is InChI=1S/C16H17N3O2/c1-17-12(20)18-10-7-6-8(7)11(19(18)13(17)21)16-5-14(2-3-14)4-15(10,16)9(6)16/h6-11H,2-5H2,1H3. The monoisotopic (exact) mass is 283 g/mol. The summed E-state index contributed by atoms with van der Waals surface area (Å²) in [6.45, 7) is 0. The van der Waals surface area contributed by atoms with Gasteiger partial charge in [0.15, 0.2) is 0 Å². The molecule has 6 atom stereocenters. The fraction of sp³-hybridized carbons (Fsp3) is 0.875. The predicted molar refractivity (Wildman–Crippen MR) is 71.7 cm³/mol. The minimum Gasteiger partial charge on any atom is -0.246 e. The zero-order valence-electron chi connectivity index (χ0n) is 12.0. The van der Waals surface area contributed by atoms with Gasteiger partial charge in [-0.15, -0.1) is 0 Å². The fourth-order valence-corrected chi connectivity index (χ4v) is 9.08. The van der Waals surface area contributed by atoms with Crippen LogP contribution < -0.4 is 11.4 Å². The van der Waals surface area contributed by atoms with Crippen molar-refractivity contribution in [3.05, 3.63) is 21.0 Å². The van der Waals surface area contributed by atoms with E-state index in [1.54, 1.807) is 7.05 Å². The van der Waals surface area contributed by atoms with Crippen molar-refractivity contribution >= 4 is 0 Å². The van der Waals surface area contributed by atoms with Crippen LogP contribution in [0.5, 0.6) is 0 Å². The molecule has 0 saturated heterocycles. The van der Waals surface area contributed by atoms with Gasteiger partial charge >= 0.3 is 11.4 Å². The summed E-state index contributed by atoms with van der Waals surface area (Å²) in [4.78, 5) is 25.3. The highest BCUT2D eigenvalue weighted by Crippen LogP contribution is 3.08. The highest BCUT2D eigenvalue weighted by atomic mass is 16.2. The van der Waals surface area contributed by atoms with Crippen molar-refractivity contribution < 1.29 is 0 Å². The van der Waals surface area contributed by atoms with Crippen molar-refractivity contribution in [3.63, 3.8) is 0 Å². The van der Waals surface area contributed by atoms with Gasteiger partial charge in [0.2, 0.25) is 0 Å². The Balaban J connectivity index is 1.55. The van der Waals surface area contributed by atoms with Gasteiger partial charge in [-0.25, -0.2) is 23.5 Å². The lowest BCUT2D eigenvalue weighted by atomic mass is 9.73. The van der Waals surface area contributed by atoms with Gasteiger partial charge in [-0.05, 0) is 54.8 Å². The molecule has 9 rings (SSSR count). The molecule has 5 nitrogen and oxygen atoms in total. The zero-order valence-corrected chi connectivity index (χ0v) is 12.0. The normalized spacial score (nSPS) is 62.9. The average Bonchev–Trinajstić information content (AvgIpc) is 3.34. The molecule has 6 unspecified atom stereocenters. The molecule has 108 valence electrons. The van der Waals surface area contributed by atoms with Gasteiger partial charge in [0.05, 0.1) is 12.1 Å². The molecule has 0 aromatic carbocycles. The van der Waals surface area contributed by atoms with Gasteiger partial charge in [-0.3, -0.25) is 0 Å². The van der Waals surface area contributed by atoms with E-state index in [2.05, 4.69) is 0 Å². The minimum absolute atomic E-state index is 0.0497. The lowest BCUT2D eigenvalue weighted by molar-refractivity contribution is 0.0178. The molecule has 0 N–H and O–H groups in total. The maximum atomic E-state index is 12.6. The van der Waals surface area contributed by atoms with Crippen molar-refractivity contribution in [2.45, 2.75) is 37.8 Å². The Morgan fingerprint density at radius 2 is 1.43 bits per heavy atom. The van der Waals surface area contributed by atoms with Crippen molar-refractivity contribution in [1.82, 2.24) is 13.9 Å². The SMILES string of the molecule is Cn1c(=O)n2n(c1=O)C1C3C4C3C3C5(CC6(CC6)CC135)C42. The average molecular weight is 283 g/mol. The Labute approximate surface area is 120 Å². The summed E-state index contributed by atoms with van der Waals surface area (Å²) in [7, 11) is 1.65. The van der Waals surface area contributed by atoms with Gasteiger partial charge in [0.25, 0.3) is 0 Å². The Bertz CT molecular complexity index is 865. The molecular formula is C16H17N3O2. The van der Waals surface area contributed by atoms with Crippen molar-refractivity contribution in [2.75, 3.05) is 0 Å². The molecular weight excluding hydrogens is 266 g/mol. The van der Waals surface area contributed by atoms with E-state index in [1.807, 2.05) is 9.36 Å². The summed E-state index contributed by atoms with van der Waals surface area (Å²) >= 11 is 0. The molecule has 6 aliphatic carbocycles. The number of hydrogen-bond acceptors (Lipinski definition) is 2. The Morgan fingerprint density at radius 1 is 0.905 bits per heavy atom. The summed E-state index contributed by atoms with van der Waals surface area (Å²) in [5.74, 6) is 3.23. The Morgan fingerprint density at radius 3 is 1.90 bits per heavy atom. The third-order valence-electron chi connectivity index (χ3n) is 9.27. The number of hydrogen-bond donors (Lipinski definition) is 0. The van der Waals surface area contributed by atoms with Gasteiger partial charge in [-0.1, -0.05) is 0 Å². The number of nitrogens with zero attached hydrogens (tertiary/aromatic N) is 3. The molecule has 5 heteroatoms. The Hall–Kier alpha value is -1.26. The van der Waals surface area contributed by atoms with Gasteiger partial charge < -0.3 is 0 Å². The molecule has 2 aliphatic heterocycles. The topological polar surface area (TPSA) is 48.9 Å². The van der Waals surface area contributed by atoms with E-state index in [1.165, 1.54) is 30.3 Å². The molecule has 6 saturated carbocycles. The second-order valence-electron chi connectivity index (χ2n) is 9.35. The van der Waals surface area contributed by atoms with Crippen LogP contribution in [0.2, 0.25) is 0 Å². The smallest absolute Gasteiger partial charge is 0.246 e. The first-order valence-corrected chi connectivity index (χ1v) is 8.49. The second kappa shape index (κ2) is 2.04. The van der Waals surface area contributed by atoms with Crippen molar-refractivity contribution in [2.24, 2.45) is 47.0 Å². The van der Waals surface area contributed by atoms with Crippen LogP contribution in [0.4, 0.5) is 0 Å². The van der Waals surface area contributed by atoms with Crippen LogP contribution in [0.25, 0.3) is 0 Å². The van der Waals surface area contributed by atoms with Crippen LogP contribution in [0, 0.1) is 39.9 Å². The van der Waals surface area contributed by atoms with E-state index in [0.29, 0.717) is 28.3 Å². The third kappa shape index (κ3) is 0.561. The lowest BCUT2D eigenvalue weighted by Gasteiger charge is -2.45. The van der Waals surface area contributed by atoms with E-state index < -0.39 is 0 Å². The molecule has 3 spiro atoms. The molecule has 8 aliphatic rings. The second-order valence-corrected chi connectivity index (χ2v) is 9.35. The molecule has 0 amide bonds. The summed E-state index contributed by atoms with van der Waals surface area (Å²) in [5.41, 5.74) is 1.41. The molecule has 1 aromatic rings. The molecule has 1 aromatic heterocycles. The van der Waals surface area contributed by atoms with Crippen molar-refractivity contribution in [3.8, 4) is 0 Å². The quantitative estimate of drug-likeness (QED) is 0.696. The fourth-order valence-electron chi connectivity index (χ4n) is 9.08. The first-order chi connectivity index (χ1) is 10.1. The highest BCUT2D eigenvalue weighted by Gasteiger charge is 3.05. The molecule has 2 bridgehead atoms. The summed E-state index contributed by atoms with van der Waals surface area (Å²) in [6.07, 6.45) is 5.57. The molecule has 21 heavy (non-hydrogen) atoms. The third-order valence-corrected chi connectivity index (χ3v) is 9.27. The maximum Gasteiger partial charge on any atom is 0.347 e. The largest absolute Gasteiger partial charge is 0.347 e. The minimum atomic E-state index is -0.0497. The Kier molecular flexibility index (Phi) is 0.943. The summed E-state index contributed by atoms with van der Waals surface area (Å²) in [5, 5.41) is 0. The van der Waals surface area contributed by atoms with Crippen LogP contribution >= 0.6 is 0 Å². The van der Waals surface area contributed by atoms with Crippen LogP contribution in [0.3, 0.4) is 0 Å². The van der Waals surface area contributed by atoms with Crippen LogP contribution in [0.1, 0.15) is 37.8 Å². The molecule has 6 fully saturated rings. The summed E-state index contributed by atoms with van der Waals surface area (Å²) < 4.78 is 5.21. The van der Waals surface area contributed by atoms with Gasteiger partial charge in [-0.2, -0.15) is 0 Å². The van der Waals surface area contributed by atoms with Crippen LogP contribution in [-0.2, 0) is 7.05 Å². The van der Waals surface area contributed by atoms with Crippen LogP contribution in [-0.4, -0.2) is 13.9 Å². The van der Waals surface area contributed by atoms with Gasteiger partial charge in [0.1, 0.15) is 0 Å². The highest BCUT2D eigenvalue weighted by molar-refractivity contribution is 5.52. The van der Waals surface area contributed by atoms with Crippen LogP contribution in [0.15, 0.2) is 9.59 Å². The number of rotatable bonds is 0. The van der Waals surface area contributed by atoms with E-state index in [4.69, 9.17) is 0 Å². The molecule has 0 radical (unpaired) electrons. The molecule has 3 heterocycles. The van der Waals surface area contributed by atoms with E-state index in [-0.39, 0.29) is 11.4 Å². The first-order valence-electron chi connectivity index (χ1n) is 8.49. The van der Waals surface area contributed by atoms with Crippen molar-refractivity contribution in [1.29, 1.82) is 0 Å². The zero-order chi connectivity index (χ0) is 13.7.